The highest BCUT2D eigenvalue weighted by molar-refractivity contribution is 5.94. The van der Waals surface area contributed by atoms with Gasteiger partial charge in [0, 0.05) is 11.6 Å². The maximum atomic E-state index is 10.5. The van der Waals surface area contributed by atoms with Crippen molar-refractivity contribution in [1.29, 1.82) is 0 Å². The van der Waals surface area contributed by atoms with E-state index in [0.29, 0.717) is 6.42 Å². The summed E-state index contributed by atoms with van der Waals surface area (Å²) in [5.41, 5.74) is 1.12. The summed E-state index contributed by atoms with van der Waals surface area (Å²) in [7, 11) is 0. The summed E-state index contributed by atoms with van der Waals surface area (Å²) in [6.07, 6.45) is 3.20. The molecule has 1 aromatic carbocycles. The van der Waals surface area contributed by atoms with E-state index in [4.69, 9.17) is 10.2 Å². The predicted molar refractivity (Wildman–Crippen MR) is 79.3 cm³/mol. The van der Waals surface area contributed by atoms with Crippen molar-refractivity contribution >= 4 is 18.0 Å². The van der Waals surface area contributed by atoms with E-state index in [2.05, 4.69) is 6.58 Å². The zero-order valence-electron chi connectivity index (χ0n) is 11.7. The molecule has 0 aliphatic carbocycles. The Labute approximate surface area is 119 Å². The Bertz CT molecular complexity index is 475. The van der Waals surface area contributed by atoms with Crippen molar-refractivity contribution in [2.24, 2.45) is 5.92 Å². The van der Waals surface area contributed by atoms with E-state index in [1.54, 1.807) is 6.92 Å². The molecule has 0 amide bonds. The molecule has 20 heavy (non-hydrogen) atoms. The van der Waals surface area contributed by atoms with Gasteiger partial charge in [-0.3, -0.25) is 0 Å². The molecular formula is C16H20O4. The SMILES string of the molecule is C=Cc1ccccc1.CCC(C)/C(=C/C(=O)O)C(=O)O. The van der Waals surface area contributed by atoms with Gasteiger partial charge in [-0.2, -0.15) is 0 Å². The number of hydrogen-bond acceptors (Lipinski definition) is 2. The van der Waals surface area contributed by atoms with Gasteiger partial charge in [0.1, 0.15) is 0 Å². The molecule has 0 aliphatic rings. The topological polar surface area (TPSA) is 74.6 Å². The summed E-state index contributed by atoms with van der Waals surface area (Å²) in [6, 6.07) is 10.0. The minimum Gasteiger partial charge on any atom is -0.478 e. The van der Waals surface area contributed by atoms with Crippen molar-refractivity contribution in [3.05, 3.63) is 54.1 Å². The molecule has 0 spiro atoms. The molecule has 0 aliphatic heterocycles. The van der Waals surface area contributed by atoms with E-state index in [0.717, 1.165) is 6.08 Å². The van der Waals surface area contributed by atoms with Crippen molar-refractivity contribution in [3.8, 4) is 0 Å². The molecule has 0 fully saturated rings. The van der Waals surface area contributed by atoms with Crippen LogP contribution >= 0.6 is 0 Å². The largest absolute Gasteiger partial charge is 0.478 e. The van der Waals surface area contributed by atoms with Crippen LogP contribution in [0.1, 0.15) is 25.8 Å². The van der Waals surface area contributed by atoms with Gasteiger partial charge in [-0.1, -0.05) is 56.8 Å². The first-order chi connectivity index (χ1) is 9.42. The third kappa shape index (κ3) is 7.16. The Morgan fingerprint density at radius 3 is 2.10 bits per heavy atom. The molecule has 108 valence electrons. The molecule has 1 aromatic rings. The summed E-state index contributed by atoms with van der Waals surface area (Å²) in [5, 5.41) is 16.9. The fraction of sp³-hybridized carbons (Fsp3) is 0.250. The normalized spacial score (nSPS) is 11.8. The van der Waals surface area contributed by atoms with Gasteiger partial charge in [0.15, 0.2) is 0 Å². The van der Waals surface area contributed by atoms with Crippen molar-refractivity contribution in [1.82, 2.24) is 0 Å². The van der Waals surface area contributed by atoms with Gasteiger partial charge < -0.3 is 10.2 Å². The van der Waals surface area contributed by atoms with Crippen molar-refractivity contribution < 1.29 is 19.8 Å². The monoisotopic (exact) mass is 276 g/mol. The first-order valence-electron chi connectivity index (χ1n) is 6.27. The van der Waals surface area contributed by atoms with Crippen LogP contribution in [0.3, 0.4) is 0 Å². The van der Waals surface area contributed by atoms with E-state index in [1.807, 2.05) is 43.3 Å². The lowest BCUT2D eigenvalue weighted by atomic mass is 9.98. The Morgan fingerprint density at radius 1 is 1.25 bits per heavy atom. The molecule has 0 heterocycles. The number of carboxylic acids is 2. The van der Waals surface area contributed by atoms with Crippen LogP contribution in [0.2, 0.25) is 0 Å². The molecule has 1 rings (SSSR count). The number of benzene rings is 1. The van der Waals surface area contributed by atoms with E-state index >= 15 is 0 Å². The first-order valence-corrected chi connectivity index (χ1v) is 6.27. The van der Waals surface area contributed by atoms with Crippen LogP contribution in [0.5, 0.6) is 0 Å². The highest BCUT2D eigenvalue weighted by Crippen LogP contribution is 2.13. The molecule has 2 N–H and O–H groups in total. The third-order valence-electron chi connectivity index (χ3n) is 2.70. The molecule has 4 heteroatoms. The molecule has 0 radical (unpaired) electrons. The lowest BCUT2D eigenvalue weighted by molar-refractivity contribution is -0.135. The predicted octanol–water partition coefficient (Wildman–Crippen LogP) is 3.46. The molecule has 0 saturated carbocycles. The molecule has 0 bridgehead atoms. The second-order valence-corrected chi connectivity index (χ2v) is 4.17. The van der Waals surface area contributed by atoms with Gasteiger partial charge in [0.25, 0.3) is 0 Å². The van der Waals surface area contributed by atoms with E-state index in [9.17, 15) is 9.59 Å². The fourth-order valence-corrected chi connectivity index (χ4v) is 1.36. The number of rotatable bonds is 5. The Kier molecular flexibility index (Phi) is 8.43. The highest BCUT2D eigenvalue weighted by Gasteiger charge is 2.15. The standard InChI is InChI=1S/C8H12O4.C8H8/c1-3-5(2)6(8(11)12)4-7(9)10;1-2-8-6-4-3-5-7-8/h4-5H,3H2,1-2H3,(H,9,10)(H,11,12);2-7H,1H2/b6-4-;. The fourth-order valence-electron chi connectivity index (χ4n) is 1.36. The second-order valence-electron chi connectivity index (χ2n) is 4.17. The number of aliphatic carboxylic acids is 2. The van der Waals surface area contributed by atoms with Crippen LogP contribution in [-0.2, 0) is 9.59 Å². The van der Waals surface area contributed by atoms with Crippen molar-refractivity contribution in [3.63, 3.8) is 0 Å². The van der Waals surface area contributed by atoms with Gasteiger partial charge in [0.2, 0.25) is 0 Å². The summed E-state index contributed by atoms with van der Waals surface area (Å²) in [4.78, 5) is 20.7. The lowest BCUT2D eigenvalue weighted by Gasteiger charge is -2.07. The Balaban J connectivity index is 0.000000388. The van der Waals surface area contributed by atoms with Gasteiger partial charge in [-0.25, -0.2) is 9.59 Å². The van der Waals surface area contributed by atoms with E-state index in [1.165, 1.54) is 5.56 Å². The average molecular weight is 276 g/mol. The van der Waals surface area contributed by atoms with E-state index in [-0.39, 0.29) is 11.5 Å². The van der Waals surface area contributed by atoms with Crippen LogP contribution in [0.25, 0.3) is 6.08 Å². The van der Waals surface area contributed by atoms with Gasteiger partial charge in [0.05, 0.1) is 0 Å². The molecule has 0 aromatic heterocycles. The van der Waals surface area contributed by atoms with Gasteiger partial charge >= 0.3 is 11.9 Å². The molecule has 1 unspecified atom stereocenters. The minimum atomic E-state index is -1.22. The first kappa shape index (κ1) is 17.6. The number of carboxylic acid groups (broad SMARTS) is 2. The Hall–Kier alpha value is -2.36. The van der Waals surface area contributed by atoms with Crippen LogP contribution in [0.15, 0.2) is 48.6 Å². The van der Waals surface area contributed by atoms with Crippen LogP contribution in [-0.4, -0.2) is 22.2 Å². The average Bonchev–Trinajstić information content (AvgIpc) is 2.45. The summed E-state index contributed by atoms with van der Waals surface area (Å²) in [6.45, 7) is 7.12. The van der Waals surface area contributed by atoms with Gasteiger partial charge in [-0.15, -0.1) is 0 Å². The van der Waals surface area contributed by atoms with Crippen LogP contribution < -0.4 is 0 Å². The minimum absolute atomic E-state index is 0.0509. The van der Waals surface area contributed by atoms with Crippen LogP contribution in [0, 0.1) is 5.92 Å². The zero-order valence-corrected chi connectivity index (χ0v) is 11.7. The summed E-state index contributed by atoms with van der Waals surface area (Å²) in [5.74, 6) is -2.60. The van der Waals surface area contributed by atoms with E-state index < -0.39 is 11.9 Å². The van der Waals surface area contributed by atoms with Crippen molar-refractivity contribution in [2.45, 2.75) is 20.3 Å². The maximum Gasteiger partial charge on any atom is 0.332 e. The highest BCUT2D eigenvalue weighted by atomic mass is 16.4. The smallest absolute Gasteiger partial charge is 0.332 e. The number of hydrogen-bond donors (Lipinski definition) is 2. The second kappa shape index (κ2) is 9.55. The lowest BCUT2D eigenvalue weighted by Crippen LogP contribution is -2.11. The molecule has 4 nitrogen and oxygen atoms in total. The number of carbonyl (C=O) groups is 2. The summed E-state index contributed by atoms with van der Waals surface area (Å²) >= 11 is 0. The Morgan fingerprint density at radius 2 is 1.80 bits per heavy atom. The zero-order chi connectivity index (χ0) is 15.5. The third-order valence-corrected chi connectivity index (χ3v) is 2.70. The molecular weight excluding hydrogens is 256 g/mol. The molecule has 1 atom stereocenters. The molecule has 0 saturated heterocycles. The van der Waals surface area contributed by atoms with Crippen LogP contribution in [0.4, 0.5) is 0 Å². The van der Waals surface area contributed by atoms with Gasteiger partial charge in [-0.05, 0) is 17.9 Å². The quantitative estimate of drug-likeness (QED) is 0.808. The van der Waals surface area contributed by atoms with Crippen molar-refractivity contribution in [2.75, 3.05) is 0 Å². The maximum absolute atomic E-state index is 10.5. The summed E-state index contributed by atoms with van der Waals surface area (Å²) < 4.78 is 0.